The molecule has 0 unspecified atom stereocenters. The Labute approximate surface area is 123 Å². The van der Waals surface area contributed by atoms with Crippen LogP contribution in [0.5, 0.6) is 0 Å². The molecular formula is C15H9BrClFO. The van der Waals surface area contributed by atoms with Crippen molar-refractivity contribution in [3.05, 3.63) is 75.0 Å². The number of hydrogen-bond donors (Lipinski definition) is 0. The van der Waals surface area contributed by atoms with Gasteiger partial charge in [-0.25, -0.2) is 4.39 Å². The van der Waals surface area contributed by atoms with Crippen molar-refractivity contribution in [1.29, 1.82) is 0 Å². The molecule has 2 aromatic carbocycles. The monoisotopic (exact) mass is 338 g/mol. The van der Waals surface area contributed by atoms with Crippen LogP contribution in [-0.2, 0) is 0 Å². The maximum absolute atomic E-state index is 13.5. The summed E-state index contributed by atoms with van der Waals surface area (Å²) in [7, 11) is 0. The normalized spacial score (nSPS) is 10.9. The van der Waals surface area contributed by atoms with Gasteiger partial charge >= 0.3 is 0 Å². The molecule has 0 aliphatic heterocycles. The molecule has 4 heteroatoms. The summed E-state index contributed by atoms with van der Waals surface area (Å²) in [6, 6.07) is 11.3. The molecular weight excluding hydrogens is 331 g/mol. The number of carbonyl (C=O) groups is 1. The molecule has 2 aromatic rings. The molecule has 0 aliphatic carbocycles. The van der Waals surface area contributed by atoms with E-state index in [-0.39, 0.29) is 16.4 Å². The molecule has 0 spiro atoms. The maximum atomic E-state index is 13.5. The number of rotatable bonds is 3. The lowest BCUT2D eigenvalue weighted by atomic mass is 10.1. The lowest BCUT2D eigenvalue weighted by Gasteiger charge is -2.00. The fourth-order valence-electron chi connectivity index (χ4n) is 1.54. The molecule has 0 saturated heterocycles. The van der Waals surface area contributed by atoms with Crippen molar-refractivity contribution in [2.45, 2.75) is 0 Å². The van der Waals surface area contributed by atoms with Crippen LogP contribution in [-0.4, -0.2) is 5.78 Å². The van der Waals surface area contributed by atoms with Crippen molar-refractivity contribution in [3.63, 3.8) is 0 Å². The Hall–Kier alpha value is -1.45. The van der Waals surface area contributed by atoms with Gasteiger partial charge < -0.3 is 0 Å². The van der Waals surface area contributed by atoms with Crippen LogP contribution < -0.4 is 0 Å². The van der Waals surface area contributed by atoms with Gasteiger partial charge in [-0.3, -0.25) is 4.79 Å². The van der Waals surface area contributed by atoms with Gasteiger partial charge in [-0.2, -0.15) is 0 Å². The zero-order valence-electron chi connectivity index (χ0n) is 9.74. The molecule has 0 saturated carbocycles. The summed E-state index contributed by atoms with van der Waals surface area (Å²) in [4.78, 5) is 11.9. The molecule has 0 atom stereocenters. The first-order valence-electron chi connectivity index (χ1n) is 5.50. The molecule has 0 aliphatic rings. The first kappa shape index (κ1) is 14.0. The quantitative estimate of drug-likeness (QED) is 0.559. The fourth-order valence-corrected chi connectivity index (χ4v) is 2.03. The third-order valence-corrected chi connectivity index (χ3v) is 3.39. The highest BCUT2D eigenvalue weighted by Crippen LogP contribution is 2.20. The molecule has 0 N–H and O–H groups in total. The average Bonchev–Trinajstić information content (AvgIpc) is 2.38. The van der Waals surface area contributed by atoms with E-state index in [0.717, 1.165) is 4.47 Å². The van der Waals surface area contributed by atoms with E-state index in [1.54, 1.807) is 30.3 Å². The van der Waals surface area contributed by atoms with Crippen molar-refractivity contribution in [2.75, 3.05) is 0 Å². The van der Waals surface area contributed by atoms with E-state index in [1.165, 1.54) is 24.3 Å². The summed E-state index contributed by atoms with van der Waals surface area (Å²) in [6.07, 6.45) is 2.70. The van der Waals surface area contributed by atoms with Crippen LogP contribution in [0, 0.1) is 5.82 Å². The Morgan fingerprint density at radius 2 is 1.84 bits per heavy atom. The van der Waals surface area contributed by atoms with Crippen LogP contribution in [0.15, 0.2) is 53.0 Å². The highest BCUT2D eigenvalue weighted by atomic mass is 79.9. The summed E-state index contributed by atoms with van der Waals surface area (Å²) in [5.41, 5.74) is 0.751. The molecule has 96 valence electrons. The van der Waals surface area contributed by atoms with E-state index >= 15 is 0 Å². The largest absolute Gasteiger partial charge is 0.289 e. The molecule has 0 bridgehead atoms. The number of allylic oxidation sites excluding steroid dienone is 1. The van der Waals surface area contributed by atoms with Gasteiger partial charge in [-0.1, -0.05) is 33.6 Å². The van der Waals surface area contributed by atoms with E-state index < -0.39 is 5.82 Å². The smallest absolute Gasteiger partial charge is 0.185 e. The van der Waals surface area contributed by atoms with Crippen molar-refractivity contribution in [1.82, 2.24) is 0 Å². The van der Waals surface area contributed by atoms with Crippen molar-refractivity contribution < 1.29 is 9.18 Å². The first-order chi connectivity index (χ1) is 9.08. The van der Waals surface area contributed by atoms with Crippen LogP contribution in [0.25, 0.3) is 6.08 Å². The van der Waals surface area contributed by atoms with E-state index in [1.807, 2.05) is 0 Å². The number of benzene rings is 2. The minimum Gasteiger partial charge on any atom is -0.289 e. The number of carbonyl (C=O) groups excluding carboxylic acids is 1. The molecule has 0 radical (unpaired) electrons. The van der Waals surface area contributed by atoms with Gasteiger partial charge in [0.1, 0.15) is 5.82 Å². The van der Waals surface area contributed by atoms with E-state index in [0.29, 0.717) is 5.56 Å². The van der Waals surface area contributed by atoms with Gasteiger partial charge in [0.05, 0.1) is 5.02 Å². The molecule has 19 heavy (non-hydrogen) atoms. The zero-order valence-corrected chi connectivity index (χ0v) is 12.1. The first-order valence-corrected chi connectivity index (χ1v) is 6.67. The molecule has 1 nitrogen and oxygen atoms in total. The average molecular weight is 340 g/mol. The third-order valence-electron chi connectivity index (χ3n) is 2.53. The lowest BCUT2D eigenvalue weighted by Crippen LogP contribution is -1.93. The fraction of sp³-hybridized carbons (Fsp3) is 0. The van der Waals surface area contributed by atoms with Gasteiger partial charge in [-0.05, 0) is 48.6 Å². The van der Waals surface area contributed by atoms with Gasteiger partial charge in [0, 0.05) is 15.6 Å². The van der Waals surface area contributed by atoms with Gasteiger partial charge in [0.15, 0.2) is 5.78 Å². The van der Waals surface area contributed by atoms with E-state index in [4.69, 9.17) is 11.6 Å². The predicted molar refractivity (Wildman–Crippen MR) is 78.9 cm³/mol. The second-order valence-corrected chi connectivity index (χ2v) is 5.16. The van der Waals surface area contributed by atoms with Crippen molar-refractivity contribution in [2.24, 2.45) is 0 Å². The minimum atomic E-state index is -0.452. The summed E-state index contributed by atoms with van der Waals surface area (Å²) in [5, 5.41) is 0.278. The topological polar surface area (TPSA) is 17.1 Å². The second-order valence-electron chi connectivity index (χ2n) is 3.84. The Balaban J connectivity index is 2.23. The van der Waals surface area contributed by atoms with E-state index in [2.05, 4.69) is 15.9 Å². The summed E-state index contributed by atoms with van der Waals surface area (Å²) in [5.74, 6) is -0.654. The van der Waals surface area contributed by atoms with Crippen LogP contribution in [0.4, 0.5) is 4.39 Å². The van der Waals surface area contributed by atoms with Gasteiger partial charge in [-0.15, -0.1) is 0 Å². The standard InChI is InChI=1S/C15H9BrClFO/c16-11-6-4-10(5-7-11)15(19)9-8-12-13(17)2-1-3-14(12)18/h1-9H/b9-8-. The minimum absolute atomic E-state index is 0.202. The Bertz CT molecular complexity index is 615. The molecule has 2 rings (SSSR count). The van der Waals surface area contributed by atoms with Crippen LogP contribution >= 0.6 is 27.5 Å². The molecule has 0 amide bonds. The van der Waals surface area contributed by atoms with Gasteiger partial charge in [0.2, 0.25) is 0 Å². The van der Waals surface area contributed by atoms with Crippen molar-refractivity contribution in [3.8, 4) is 0 Å². The second kappa shape index (κ2) is 6.13. The Morgan fingerprint density at radius 3 is 2.47 bits per heavy atom. The highest BCUT2D eigenvalue weighted by Gasteiger charge is 2.05. The van der Waals surface area contributed by atoms with Gasteiger partial charge in [0.25, 0.3) is 0 Å². The number of halogens is 3. The highest BCUT2D eigenvalue weighted by molar-refractivity contribution is 9.10. The van der Waals surface area contributed by atoms with Crippen LogP contribution in [0.2, 0.25) is 5.02 Å². The number of ketones is 1. The molecule has 0 fully saturated rings. The molecule has 0 heterocycles. The summed E-state index contributed by atoms with van der Waals surface area (Å²) in [6.45, 7) is 0. The zero-order chi connectivity index (χ0) is 13.8. The van der Waals surface area contributed by atoms with E-state index in [9.17, 15) is 9.18 Å². The van der Waals surface area contributed by atoms with Crippen LogP contribution in [0.1, 0.15) is 15.9 Å². The predicted octanol–water partition coefficient (Wildman–Crippen LogP) is 5.14. The Kier molecular flexibility index (Phi) is 4.51. The number of hydrogen-bond acceptors (Lipinski definition) is 1. The van der Waals surface area contributed by atoms with Crippen LogP contribution in [0.3, 0.4) is 0 Å². The lowest BCUT2D eigenvalue weighted by molar-refractivity contribution is 0.104. The SMILES string of the molecule is O=C(/C=C\c1c(F)cccc1Cl)c1ccc(Br)cc1. The third kappa shape index (κ3) is 3.52. The summed E-state index contributed by atoms with van der Waals surface area (Å²) < 4.78 is 14.4. The molecule has 0 aromatic heterocycles. The summed E-state index contributed by atoms with van der Waals surface area (Å²) >= 11 is 9.16. The van der Waals surface area contributed by atoms with Crippen molar-refractivity contribution >= 4 is 39.4 Å². The maximum Gasteiger partial charge on any atom is 0.185 e. The Morgan fingerprint density at radius 1 is 1.16 bits per heavy atom.